The molecule has 0 saturated carbocycles. The lowest BCUT2D eigenvalue weighted by atomic mass is 9.96. The molecule has 108 valence electrons. The van der Waals surface area contributed by atoms with Crippen molar-refractivity contribution in [3.05, 3.63) is 11.1 Å². The molecule has 1 fully saturated rings. The third kappa shape index (κ3) is 4.44. The number of rotatable bonds is 7. The third-order valence-corrected chi connectivity index (χ3v) is 4.65. The minimum absolute atomic E-state index is 0.751. The Bertz CT molecular complexity index is 369. The highest BCUT2D eigenvalue weighted by Gasteiger charge is 2.20. The van der Waals surface area contributed by atoms with E-state index in [1.54, 1.807) is 18.4 Å². The summed E-state index contributed by atoms with van der Waals surface area (Å²) in [6, 6.07) is 0. The van der Waals surface area contributed by atoms with Crippen LogP contribution >= 0.6 is 11.3 Å². The number of piperidine rings is 1. The van der Waals surface area contributed by atoms with Crippen molar-refractivity contribution in [2.45, 2.75) is 32.7 Å². The molecule has 1 atom stereocenters. The number of ether oxygens (including phenoxy) is 1. The molecule has 1 N–H and O–H groups in total. The van der Waals surface area contributed by atoms with Crippen LogP contribution in [0.4, 0.5) is 5.13 Å². The van der Waals surface area contributed by atoms with E-state index < -0.39 is 0 Å². The van der Waals surface area contributed by atoms with Crippen LogP contribution in [0.2, 0.25) is 0 Å². The largest absolute Gasteiger partial charge is 0.383 e. The third-order valence-electron chi connectivity index (χ3n) is 3.70. The molecule has 1 aliphatic rings. The predicted octanol–water partition coefficient (Wildman–Crippen LogP) is 2.51. The van der Waals surface area contributed by atoms with Crippen LogP contribution in [0.15, 0.2) is 5.38 Å². The van der Waals surface area contributed by atoms with E-state index in [9.17, 15) is 0 Å². The minimum Gasteiger partial charge on any atom is -0.383 e. The van der Waals surface area contributed by atoms with Gasteiger partial charge in [-0.15, -0.1) is 11.3 Å². The van der Waals surface area contributed by atoms with E-state index in [0.29, 0.717) is 0 Å². The van der Waals surface area contributed by atoms with Crippen molar-refractivity contribution in [3.63, 3.8) is 0 Å². The van der Waals surface area contributed by atoms with Crippen molar-refractivity contribution in [2.24, 2.45) is 5.92 Å². The molecule has 0 amide bonds. The maximum Gasteiger partial charge on any atom is 0.185 e. The van der Waals surface area contributed by atoms with Gasteiger partial charge >= 0.3 is 0 Å². The summed E-state index contributed by atoms with van der Waals surface area (Å²) in [4.78, 5) is 7.20. The lowest BCUT2D eigenvalue weighted by molar-refractivity contribution is 0.199. The zero-order chi connectivity index (χ0) is 13.5. The van der Waals surface area contributed by atoms with Crippen LogP contribution in [0.5, 0.6) is 0 Å². The van der Waals surface area contributed by atoms with Gasteiger partial charge in [0.15, 0.2) is 5.13 Å². The summed E-state index contributed by atoms with van der Waals surface area (Å²) in [6.07, 6.45) is 3.97. The molecule has 1 aromatic heterocycles. The fourth-order valence-corrected chi connectivity index (χ4v) is 3.35. The van der Waals surface area contributed by atoms with Gasteiger partial charge in [-0.05, 0) is 18.8 Å². The van der Waals surface area contributed by atoms with E-state index in [1.807, 2.05) is 0 Å². The lowest BCUT2D eigenvalue weighted by Crippen LogP contribution is -2.35. The Hall–Kier alpha value is -0.650. The van der Waals surface area contributed by atoms with Gasteiger partial charge in [-0.1, -0.05) is 13.3 Å². The summed E-state index contributed by atoms with van der Waals surface area (Å²) in [6.45, 7) is 7.11. The van der Waals surface area contributed by atoms with Crippen LogP contribution in [0.3, 0.4) is 0 Å². The minimum atomic E-state index is 0.751. The van der Waals surface area contributed by atoms with E-state index in [0.717, 1.165) is 31.3 Å². The van der Waals surface area contributed by atoms with Gasteiger partial charge < -0.3 is 15.0 Å². The summed E-state index contributed by atoms with van der Waals surface area (Å²) in [7, 11) is 1.73. The summed E-state index contributed by atoms with van der Waals surface area (Å²) in [5, 5.41) is 6.71. The Kier molecular flexibility index (Phi) is 6.07. The molecule has 1 unspecified atom stereocenters. The SMILES string of the molecule is CCC1CCCN(c2nc(CNCCOC)cs2)C1. The number of methoxy groups -OCH3 is 1. The first-order valence-corrected chi connectivity index (χ1v) is 8.10. The standard InChI is InChI=1S/C14H25N3OS/c1-3-12-5-4-7-17(10-12)14-16-13(11-19-14)9-15-6-8-18-2/h11-12,15H,3-10H2,1-2H3. The molecule has 4 nitrogen and oxygen atoms in total. The first-order chi connectivity index (χ1) is 9.33. The highest BCUT2D eigenvalue weighted by Crippen LogP contribution is 2.27. The van der Waals surface area contributed by atoms with Gasteiger partial charge in [-0.2, -0.15) is 0 Å². The summed E-state index contributed by atoms with van der Waals surface area (Å²) >= 11 is 1.78. The molecule has 0 bridgehead atoms. The molecule has 1 saturated heterocycles. The van der Waals surface area contributed by atoms with Crippen molar-refractivity contribution < 1.29 is 4.74 Å². The number of hydrogen-bond acceptors (Lipinski definition) is 5. The van der Waals surface area contributed by atoms with Crippen LogP contribution < -0.4 is 10.2 Å². The maximum atomic E-state index is 5.02. The Labute approximate surface area is 120 Å². The number of thiazole rings is 1. The van der Waals surface area contributed by atoms with Gasteiger partial charge in [0.2, 0.25) is 0 Å². The summed E-state index contributed by atoms with van der Waals surface area (Å²) < 4.78 is 5.02. The quantitative estimate of drug-likeness (QED) is 0.780. The lowest BCUT2D eigenvalue weighted by Gasteiger charge is -2.31. The molecular formula is C14H25N3OS. The normalized spacial score (nSPS) is 19.9. The summed E-state index contributed by atoms with van der Waals surface area (Å²) in [5.74, 6) is 0.848. The zero-order valence-corrected chi connectivity index (χ0v) is 12.8. The van der Waals surface area contributed by atoms with E-state index in [-0.39, 0.29) is 0 Å². The van der Waals surface area contributed by atoms with E-state index in [1.165, 1.54) is 37.5 Å². The van der Waals surface area contributed by atoms with Crippen LogP contribution in [-0.4, -0.2) is 38.3 Å². The second kappa shape index (κ2) is 7.82. The van der Waals surface area contributed by atoms with Gasteiger partial charge in [-0.25, -0.2) is 4.98 Å². The molecule has 1 aromatic rings. The number of anilines is 1. The first kappa shape index (κ1) is 14.8. The average molecular weight is 283 g/mol. The monoisotopic (exact) mass is 283 g/mol. The molecular weight excluding hydrogens is 258 g/mol. The molecule has 0 aliphatic carbocycles. The molecule has 19 heavy (non-hydrogen) atoms. The molecule has 0 spiro atoms. The maximum absolute atomic E-state index is 5.02. The van der Waals surface area contributed by atoms with Gasteiger partial charge in [-0.3, -0.25) is 0 Å². The van der Waals surface area contributed by atoms with Crippen LogP contribution in [0.25, 0.3) is 0 Å². The molecule has 2 rings (SSSR count). The second-order valence-electron chi connectivity index (χ2n) is 5.15. The highest BCUT2D eigenvalue weighted by atomic mass is 32.1. The van der Waals surface area contributed by atoms with Crippen molar-refractivity contribution in [1.29, 1.82) is 0 Å². The van der Waals surface area contributed by atoms with Crippen LogP contribution in [-0.2, 0) is 11.3 Å². The Morgan fingerprint density at radius 3 is 3.26 bits per heavy atom. The van der Waals surface area contributed by atoms with Crippen molar-refractivity contribution in [2.75, 3.05) is 38.3 Å². The van der Waals surface area contributed by atoms with E-state index in [2.05, 4.69) is 22.5 Å². The Morgan fingerprint density at radius 2 is 2.47 bits per heavy atom. The molecule has 1 aliphatic heterocycles. The fourth-order valence-electron chi connectivity index (χ4n) is 2.49. The van der Waals surface area contributed by atoms with Crippen LogP contribution in [0.1, 0.15) is 31.9 Å². The van der Waals surface area contributed by atoms with Gasteiger partial charge in [0, 0.05) is 38.7 Å². The summed E-state index contributed by atoms with van der Waals surface area (Å²) in [5.41, 5.74) is 1.15. The van der Waals surface area contributed by atoms with Crippen molar-refractivity contribution >= 4 is 16.5 Å². The molecule has 5 heteroatoms. The zero-order valence-electron chi connectivity index (χ0n) is 12.0. The van der Waals surface area contributed by atoms with E-state index >= 15 is 0 Å². The molecule has 0 radical (unpaired) electrons. The van der Waals surface area contributed by atoms with Crippen molar-refractivity contribution in [1.82, 2.24) is 10.3 Å². The average Bonchev–Trinajstić information content (AvgIpc) is 2.92. The van der Waals surface area contributed by atoms with E-state index in [4.69, 9.17) is 9.72 Å². The van der Waals surface area contributed by atoms with Gasteiger partial charge in [0.1, 0.15) is 0 Å². The highest BCUT2D eigenvalue weighted by molar-refractivity contribution is 7.13. The predicted molar refractivity (Wildman–Crippen MR) is 80.9 cm³/mol. The van der Waals surface area contributed by atoms with Gasteiger partial charge in [0.05, 0.1) is 12.3 Å². The molecule has 0 aromatic carbocycles. The topological polar surface area (TPSA) is 37.4 Å². The number of aromatic nitrogens is 1. The van der Waals surface area contributed by atoms with Gasteiger partial charge in [0.25, 0.3) is 0 Å². The Balaban J connectivity index is 1.82. The Morgan fingerprint density at radius 1 is 1.58 bits per heavy atom. The number of hydrogen-bond donors (Lipinski definition) is 1. The number of nitrogens with one attached hydrogen (secondary N) is 1. The van der Waals surface area contributed by atoms with Crippen LogP contribution in [0, 0.1) is 5.92 Å². The van der Waals surface area contributed by atoms with Crippen molar-refractivity contribution in [3.8, 4) is 0 Å². The fraction of sp³-hybridized carbons (Fsp3) is 0.786. The molecule has 2 heterocycles. The smallest absolute Gasteiger partial charge is 0.185 e. The first-order valence-electron chi connectivity index (χ1n) is 7.22. The number of nitrogens with zero attached hydrogens (tertiary/aromatic N) is 2. The second-order valence-corrected chi connectivity index (χ2v) is 5.99.